The molecule has 5 rings (SSSR count). The van der Waals surface area contributed by atoms with Crippen molar-refractivity contribution in [3.63, 3.8) is 0 Å². The summed E-state index contributed by atoms with van der Waals surface area (Å²) in [6.07, 6.45) is 6.74. The summed E-state index contributed by atoms with van der Waals surface area (Å²) in [7, 11) is 1.68. The van der Waals surface area contributed by atoms with Crippen molar-refractivity contribution in [2.75, 3.05) is 7.11 Å². The summed E-state index contributed by atoms with van der Waals surface area (Å²) < 4.78 is 7.43. The van der Waals surface area contributed by atoms with E-state index in [1.807, 2.05) is 18.2 Å². The number of tetrazole rings is 1. The van der Waals surface area contributed by atoms with E-state index < -0.39 is 0 Å². The van der Waals surface area contributed by atoms with E-state index in [9.17, 15) is 4.79 Å². The first kappa shape index (κ1) is 26.1. The summed E-state index contributed by atoms with van der Waals surface area (Å²) in [5.74, 6) is 1.71. The Morgan fingerprint density at radius 3 is 2.55 bits per heavy atom. The summed E-state index contributed by atoms with van der Waals surface area (Å²) in [5, 5.41) is 14.2. The van der Waals surface area contributed by atoms with Crippen LogP contribution >= 0.6 is 0 Å². The van der Waals surface area contributed by atoms with Gasteiger partial charge in [0.1, 0.15) is 5.75 Å². The van der Waals surface area contributed by atoms with Gasteiger partial charge >= 0.3 is 0 Å². The predicted octanol–water partition coefficient (Wildman–Crippen LogP) is 5.80. The van der Waals surface area contributed by atoms with Gasteiger partial charge in [-0.2, -0.15) is 0 Å². The van der Waals surface area contributed by atoms with E-state index in [2.05, 4.69) is 75.1 Å². The second-order valence-electron chi connectivity index (χ2n) is 10.6. The molecule has 8 heteroatoms. The quantitative estimate of drug-likeness (QED) is 0.304. The highest BCUT2D eigenvalue weighted by Crippen LogP contribution is 2.33. The van der Waals surface area contributed by atoms with Crippen molar-refractivity contribution in [2.45, 2.75) is 84.5 Å². The Morgan fingerprint density at radius 2 is 1.84 bits per heavy atom. The molecule has 1 aliphatic carbocycles. The van der Waals surface area contributed by atoms with Gasteiger partial charge < -0.3 is 9.72 Å². The zero-order chi connectivity index (χ0) is 26.6. The first-order valence-electron chi connectivity index (χ1n) is 13.7. The van der Waals surface area contributed by atoms with Gasteiger partial charge in [0.15, 0.2) is 5.82 Å². The molecule has 1 saturated carbocycles. The van der Waals surface area contributed by atoms with Crippen molar-refractivity contribution >= 4 is 10.9 Å². The minimum Gasteiger partial charge on any atom is -0.497 e. The molecule has 1 aliphatic rings. The number of nitrogens with zero attached hydrogens (tertiary/aromatic N) is 5. The number of hydrogen-bond donors (Lipinski definition) is 1. The number of hydrogen-bond acceptors (Lipinski definition) is 6. The Labute approximate surface area is 224 Å². The number of aryl methyl sites for hydroxylation is 2. The number of nitrogens with one attached hydrogen (secondary N) is 1. The number of methoxy groups -OCH3 is 1. The molecular formula is C30H38N6O2. The largest absolute Gasteiger partial charge is 0.497 e. The number of benzene rings is 2. The number of H-pyrrole nitrogens is 1. The number of pyridine rings is 1. The molecule has 0 aliphatic heterocycles. The van der Waals surface area contributed by atoms with E-state index in [0.717, 1.165) is 64.0 Å². The van der Waals surface area contributed by atoms with Gasteiger partial charge in [-0.3, -0.25) is 9.69 Å². The SMILES string of the molecule is CC[C@H](c1nnnn1C1CCCCC1)N(Cc1ccc(OC)cc1)Cc1cc2c(C)cc(C)cc2[nH]c1=O. The van der Waals surface area contributed by atoms with Gasteiger partial charge in [0.05, 0.1) is 19.2 Å². The highest BCUT2D eigenvalue weighted by molar-refractivity contribution is 5.83. The summed E-state index contributed by atoms with van der Waals surface area (Å²) >= 11 is 0. The molecule has 1 atom stereocenters. The maximum absolute atomic E-state index is 13.3. The predicted molar refractivity (Wildman–Crippen MR) is 149 cm³/mol. The molecule has 38 heavy (non-hydrogen) atoms. The first-order valence-corrected chi connectivity index (χ1v) is 13.7. The molecule has 0 amide bonds. The van der Waals surface area contributed by atoms with Crippen LogP contribution in [0, 0.1) is 13.8 Å². The Balaban J connectivity index is 1.53. The van der Waals surface area contributed by atoms with Gasteiger partial charge in [0.2, 0.25) is 0 Å². The van der Waals surface area contributed by atoms with Crippen LogP contribution in [0.25, 0.3) is 10.9 Å². The number of aromatic nitrogens is 5. The van der Waals surface area contributed by atoms with E-state index in [0.29, 0.717) is 19.1 Å². The van der Waals surface area contributed by atoms with Crippen molar-refractivity contribution in [2.24, 2.45) is 0 Å². The Kier molecular flexibility index (Phi) is 7.88. The number of ether oxygens (including phenoxy) is 1. The van der Waals surface area contributed by atoms with Crippen LogP contribution in [0.5, 0.6) is 5.75 Å². The fourth-order valence-electron chi connectivity index (χ4n) is 5.90. The molecule has 0 unspecified atom stereocenters. The van der Waals surface area contributed by atoms with Crippen LogP contribution in [0.1, 0.15) is 85.6 Å². The van der Waals surface area contributed by atoms with Crippen LogP contribution in [0.15, 0.2) is 47.3 Å². The van der Waals surface area contributed by atoms with Gasteiger partial charge in [-0.1, -0.05) is 44.4 Å². The van der Waals surface area contributed by atoms with Crippen molar-refractivity contribution in [3.05, 3.63) is 80.9 Å². The smallest absolute Gasteiger partial charge is 0.252 e. The molecule has 2 heterocycles. The molecule has 1 fully saturated rings. The van der Waals surface area contributed by atoms with E-state index >= 15 is 0 Å². The number of rotatable bonds is 9. The zero-order valence-corrected chi connectivity index (χ0v) is 22.9. The lowest BCUT2D eigenvalue weighted by Gasteiger charge is -2.32. The third-order valence-electron chi connectivity index (χ3n) is 7.87. The van der Waals surface area contributed by atoms with Crippen LogP contribution in [0.4, 0.5) is 0 Å². The molecule has 2 aromatic carbocycles. The van der Waals surface area contributed by atoms with Crippen molar-refractivity contribution in [1.82, 2.24) is 30.1 Å². The fourth-order valence-corrected chi connectivity index (χ4v) is 5.90. The summed E-state index contributed by atoms with van der Waals surface area (Å²) in [5.41, 5.74) is 5.01. The van der Waals surface area contributed by atoms with Crippen LogP contribution in [0.3, 0.4) is 0 Å². The normalized spacial score (nSPS) is 15.3. The number of aromatic amines is 1. The van der Waals surface area contributed by atoms with Gasteiger partial charge in [-0.15, -0.1) is 5.10 Å². The topological polar surface area (TPSA) is 88.9 Å². The lowest BCUT2D eigenvalue weighted by molar-refractivity contribution is 0.155. The van der Waals surface area contributed by atoms with Gasteiger partial charge in [0.25, 0.3) is 5.56 Å². The maximum Gasteiger partial charge on any atom is 0.252 e. The Hall–Kier alpha value is -3.52. The average molecular weight is 515 g/mol. The third kappa shape index (κ3) is 5.50. The van der Waals surface area contributed by atoms with E-state index in [1.165, 1.54) is 19.3 Å². The molecule has 0 spiro atoms. The molecule has 200 valence electrons. The molecule has 0 radical (unpaired) electrons. The molecule has 4 aromatic rings. The standard InChI is InChI=1S/C30H38N6O2/c1-5-28(29-32-33-34-36(29)24-9-7-6-8-10-24)35(18-22-11-13-25(38-4)14-12-22)19-23-17-26-21(3)15-20(2)16-27(26)31-30(23)37/h11-17,24,28H,5-10,18-19H2,1-4H3,(H,31,37)/t28-/m1/s1. The Morgan fingerprint density at radius 1 is 1.08 bits per heavy atom. The van der Waals surface area contributed by atoms with Crippen molar-refractivity contribution in [3.8, 4) is 5.75 Å². The molecule has 0 saturated heterocycles. The van der Waals surface area contributed by atoms with Crippen LogP contribution < -0.4 is 10.3 Å². The maximum atomic E-state index is 13.3. The number of fused-ring (bicyclic) bond motifs is 1. The highest BCUT2D eigenvalue weighted by Gasteiger charge is 2.29. The molecular weight excluding hydrogens is 476 g/mol. The van der Waals surface area contributed by atoms with Crippen LogP contribution in [-0.2, 0) is 13.1 Å². The summed E-state index contributed by atoms with van der Waals surface area (Å²) in [6, 6.07) is 14.7. The summed E-state index contributed by atoms with van der Waals surface area (Å²) in [4.78, 5) is 18.8. The second kappa shape index (κ2) is 11.5. The molecule has 1 N–H and O–H groups in total. The zero-order valence-electron chi connectivity index (χ0n) is 22.9. The van der Waals surface area contributed by atoms with E-state index in [1.54, 1.807) is 7.11 Å². The average Bonchev–Trinajstić information content (AvgIpc) is 3.40. The monoisotopic (exact) mass is 514 g/mol. The fraction of sp³-hybridized carbons (Fsp3) is 0.467. The van der Waals surface area contributed by atoms with Crippen LogP contribution in [-0.4, -0.2) is 37.2 Å². The van der Waals surface area contributed by atoms with Crippen molar-refractivity contribution < 1.29 is 4.74 Å². The third-order valence-corrected chi connectivity index (χ3v) is 7.87. The lowest BCUT2D eigenvalue weighted by Crippen LogP contribution is -2.33. The summed E-state index contributed by atoms with van der Waals surface area (Å²) in [6.45, 7) is 7.46. The minimum absolute atomic E-state index is 0.0387. The molecule has 8 nitrogen and oxygen atoms in total. The Bertz CT molecular complexity index is 1440. The second-order valence-corrected chi connectivity index (χ2v) is 10.6. The van der Waals surface area contributed by atoms with Crippen LogP contribution in [0.2, 0.25) is 0 Å². The molecule has 0 bridgehead atoms. The first-order chi connectivity index (χ1) is 18.5. The van der Waals surface area contributed by atoms with Crippen molar-refractivity contribution in [1.29, 1.82) is 0 Å². The lowest BCUT2D eigenvalue weighted by atomic mass is 9.95. The molecule has 2 aromatic heterocycles. The van der Waals surface area contributed by atoms with Gasteiger partial charge in [-0.05, 0) is 84.5 Å². The van der Waals surface area contributed by atoms with E-state index in [4.69, 9.17) is 4.74 Å². The van der Waals surface area contributed by atoms with E-state index in [-0.39, 0.29) is 11.6 Å². The minimum atomic E-state index is -0.0519. The highest BCUT2D eigenvalue weighted by atomic mass is 16.5. The van der Waals surface area contributed by atoms with Gasteiger partial charge in [0, 0.05) is 29.6 Å². The van der Waals surface area contributed by atoms with Gasteiger partial charge in [-0.25, -0.2) is 4.68 Å².